The van der Waals surface area contributed by atoms with Crippen molar-refractivity contribution < 1.29 is 4.74 Å². The summed E-state index contributed by atoms with van der Waals surface area (Å²) in [6.45, 7) is 2.41. The van der Waals surface area contributed by atoms with E-state index in [2.05, 4.69) is 25.8 Å². The summed E-state index contributed by atoms with van der Waals surface area (Å²) < 4.78 is 6.83. The summed E-state index contributed by atoms with van der Waals surface area (Å²) in [5.41, 5.74) is 4.11. The predicted octanol–water partition coefficient (Wildman–Crippen LogP) is 0.425. The Morgan fingerprint density at radius 3 is 2.79 bits per heavy atom. The number of hydrogen-bond donors (Lipinski definition) is 3. The van der Waals surface area contributed by atoms with Gasteiger partial charge in [-0.2, -0.15) is 10.1 Å². The van der Waals surface area contributed by atoms with Gasteiger partial charge in [-0.1, -0.05) is 0 Å². The van der Waals surface area contributed by atoms with Crippen molar-refractivity contribution in [1.82, 2.24) is 19.7 Å². The molecule has 0 unspecified atom stereocenters. The Bertz CT molecular complexity index is 566. The molecule has 8 nitrogen and oxygen atoms in total. The normalized spacial score (nSPS) is 10.3. The zero-order valence-electron chi connectivity index (χ0n) is 11.1. The number of nitrogens with two attached hydrogens (primary N) is 1. The number of anilines is 2. The Balaban J connectivity index is 2.07. The molecule has 0 amide bonds. The number of nitrogen functional groups attached to an aromatic ring is 1. The number of aryl methyl sites for hydroxylation is 2. The molecule has 8 heteroatoms. The third-order valence-corrected chi connectivity index (χ3v) is 2.53. The van der Waals surface area contributed by atoms with Crippen LogP contribution in [-0.4, -0.2) is 26.9 Å². The number of aromatic nitrogens is 4. The topological polar surface area (TPSA) is 103 Å². The summed E-state index contributed by atoms with van der Waals surface area (Å²) in [5.74, 6) is 7.07. The predicted molar refractivity (Wildman–Crippen MR) is 71.7 cm³/mol. The van der Waals surface area contributed by atoms with Gasteiger partial charge in [0.2, 0.25) is 11.8 Å². The van der Waals surface area contributed by atoms with Crippen LogP contribution in [0, 0.1) is 6.92 Å². The van der Waals surface area contributed by atoms with Gasteiger partial charge in [-0.3, -0.25) is 5.43 Å². The number of hydrazine groups is 1. The molecule has 0 aromatic carbocycles. The highest BCUT2D eigenvalue weighted by molar-refractivity contribution is 5.42. The minimum atomic E-state index is 0.376. The largest absolute Gasteiger partial charge is 0.481 e. The molecule has 0 saturated carbocycles. The Labute approximate surface area is 111 Å². The van der Waals surface area contributed by atoms with E-state index in [1.165, 1.54) is 0 Å². The maximum absolute atomic E-state index is 5.30. The lowest BCUT2D eigenvalue weighted by molar-refractivity contribution is 0.373. The molecule has 0 radical (unpaired) electrons. The highest BCUT2D eigenvalue weighted by Gasteiger charge is 2.06. The van der Waals surface area contributed by atoms with Crippen molar-refractivity contribution in [2.75, 3.05) is 17.9 Å². The van der Waals surface area contributed by atoms with E-state index in [4.69, 9.17) is 10.6 Å². The molecule has 4 N–H and O–H groups in total. The second kappa shape index (κ2) is 5.53. The van der Waals surface area contributed by atoms with E-state index in [9.17, 15) is 0 Å². The van der Waals surface area contributed by atoms with Gasteiger partial charge in [-0.15, -0.1) is 0 Å². The Morgan fingerprint density at radius 1 is 1.37 bits per heavy atom. The maximum Gasteiger partial charge on any atom is 0.239 e. The molecule has 2 heterocycles. The van der Waals surface area contributed by atoms with E-state index in [1.54, 1.807) is 11.8 Å². The summed E-state index contributed by atoms with van der Waals surface area (Å²) in [6, 6.07) is 3.70. The molecule has 0 saturated heterocycles. The fourth-order valence-corrected chi connectivity index (χ4v) is 1.69. The van der Waals surface area contributed by atoms with Crippen molar-refractivity contribution in [3.8, 4) is 5.88 Å². The maximum atomic E-state index is 5.30. The second-order valence-corrected chi connectivity index (χ2v) is 4.02. The van der Waals surface area contributed by atoms with Crippen LogP contribution in [0.25, 0.3) is 0 Å². The van der Waals surface area contributed by atoms with Gasteiger partial charge in [0.05, 0.1) is 19.3 Å². The van der Waals surface area contributed by atoms with E-state index in [-0.39, 0.29) is 0 Å². The fraction of sp³-hybridized carbons (Fsp3) is 0.364. The Hall–Kier alpha value is -2.35. The number of rotatable bonds is 5. The van der Waals surface area contributed by atoms with Gasteiger partial charge in [0.15, 0.2) is 0 Å². The number of nitrogens with zero attached hydrogens (tertiary/aromatic N) is 4. The van der Waals surface area contributed by atoms with Crippen LogP contribution in [0.4, 0.5) is 11.8 Å². The summed E-state index contributed by atoms with van der Waals surface area (Å²) >= 11 is 0. The van der Waals surface area contributed by atoms with Crippen molar-refractivity contribution >= 4 is 11.8 Å². The molecule has 0 aliphatic carbocycles. The quantitative estimate of drug-likeness (QED) is 0.530. The van der Waals surface area contributed by atoms with Gasteiger partial charge in [0.25, 0.3) is 0 Å². The molecule has 0 aliphatic rings. The van der Waals surface area contributed by atoms with Crippen LogP contribution in [0.3, 0.4) is 0 Å². The summed E-state index contributed by atoms with van der Waals surface area (Å²) in [7, 11) is 3.44. The van der Waals surface area contributed by atoms with Crippen LogP contribution < -0.4 is 21.3 Å². The molecule has 0 spiro atoms. The van der Waals surface area contributed by atoms with Crippen molar-refractivity contribution in [3.05, 3.63) is 23.5 Å². The first-order chi connectivity index (χ1) is 9.12. The lowest BCUT2D eigenvalue weighted by atomic mass is 10.4. The van der Waals surface area contributed by atoms with E-state index in [1.807, 2.05) is 26.1 Å². The van der Waals surface area contributed by atoms with Crippen molar-refractivity contribution in [1.29, 1.82) is 0 Å². The van der Waals surface area contributed by atoms with E-state index >= 15 is 0 Å². The average molecular weight is 263 g/mol. The zero-order valence-corrected chi connectivity index (χ0v) is 11.1. The fourth-order valence-electron chi connectivity index (χ4n) is 1.69. The first-order valence-corrected chi connectivity index (χ1v) is 5.75. The SMILES string of the molecule is COc1cc(CNc2cc(C)nc(NN)n2)nn1C. The highest BCUT2D eigenvalue weighted by atomic mass is 16.5. The molecule has 0 bridgehead atoms. The molecule has 102 valence electrons. The molecule has 0 fully saturated rings. The van der Waals surface area contributed by atoms with Crippen LogP contribution >= 0.6 is 0 Å². The van der Waals surface area contributed by atoms with Crippen LogP contribution in [0.1, 0.15) is 11.4 Å². The molecule has 19 heavy (non-hydrogen) atoms. The van der Waals surface area contributed by atoms with Gasteiger partial charge in [0, 0.05) is 24.9 Å². The van der Waals surface area contributed by atoms with Crippen LogP contribution in [-0.2, 0) is 13.6 Å². The first-order valence-electron chi connectivity index (χ1n) is 5.75. The van der Waals surface area contributed by atoms with Gasteiger partial charge in [-0.05, 0) is 6.92 Å². The highest BCUT2D eigenvalue weighted by Crippen LogP contribution is 2.13. The van der Waals surface area contributed by atoms with Crippen molar-refractivity contribution in [2.24, 2.45) is 12.9 Å². The minimum absolute atomic E-state index is 0.376. The lowest BCUT2D eigenvalue weighted by Gasteiger charge is -2.06. The Morgan fingerprint density at radius 2 is 2.16 bits per heavy atom. The van der Waals surface area contributed by atoms with Crippen molar-refractivity contribution in [2.45, 2.75) is 13.5 Å². The second-order valence-electron chi connectivity index (χ2n) is 4.02. The van der Waals surface area contributed by atoms with Crippen LogP contribution in [0.2, 0.25) is 0 Å². The molecule has 0 atom stereocenters. The van der Waals surface area contributed by atoms with Crippen LogP contribution in [0.15, 0.2) is 12.1 Å². The van der Waals surface area contributed by atoms with Crippen LogP contribution in [0.5, 0.6) is 5.88 Å². The number of hydrogen-bond acceptors (Lipinski definition) is 7. The monoisotopic (exact) mass is 263 g/mol. The number of ether oxygens (including phenoxy) is 1. The molecule has 0 aliphatic heterocycles. The van der Waals surface area contributed by atoms with E-state index in [0.29, 0.717) is 24.2 Å². The standard InChI is InChI=1S/C11H17N7O/c1-7-4-9(15-11(14-7)16-12)13-6-8-5-10(19-3)18(2)17-8/h4-5H,6,12H2,1-3H3,(H2,13,14,15,16). The zero-order chi connectivity index (χ0) is 13.8. The van der Waals surface area contributed by atoms with Crippen molar-refractivity contribution in [3.63, 3.8) is 0 Å². The Kier molecular flexibility index (Phi) is 3.81. The summed E-state index contributed by atoms with van der Waals surface area (Å²) in [5, 5.41) is 7.47. The van der Waals surface area contributed by atoms with Gasteiger partial charge < -0.3 is 10.1 Å². The summed E-state index contributed by atoms with van der Waals surface area (Å²) in [4.78, 5) is 8.30. The lowest BCUT2D eigenvalue weighted by Crippen LogP contribution is -2.12. The first kappa shape index (κ1) is 13.1. The van der Waals surface area contributed by atoms with Gasteiger partial charge in [0.1, 0.15) is 5.82 Å². The van der Waals surface area contributed by atoms with Gasteiger partial charge >= 0.3 is 0 Å². The third-order valence-electron chi connectivity index (χ3n) is 2.53. The summed E-state index contributed by atoms with van der Waals surface area (Å²) in [6.07, 6.45) is 0. The van der Waals surface area contributed by atoms with Gasteiger partial charge in [-0.25, -0.2) is 15.5 Å². The molecule has 2 rings (SSSR count). The smallest absolute Gasteiger partial charge is 0.239 e. The number of nitrogens with one attached hydrogen (secondary N) is 2. The average Bonchev–Trinajstić information content (AvgIpc) is 2.76. The molecular formula is C11H17N7O. The van der Waals surface area contributed by atoms with E-state index < -0.39 is 0 Å². The minimum Gasteiger partial charge on any atom is -0.481 e. The van der Waals surface area contributed by atoms with E-state index in [0.717, 1.165) is 11.4 Å². The molecule has 2 aromatic rings. The number of methoxy groups -OCH3 is 1. The third kappa shape index (κ3) is 3.10. The molecular weight excluding hydrogens is 246 g/mol. The molecule has 2 aromatic heterocycles.